The quantitative estimate of drug-likeness (QED) is 0.877. The first kappa shape index (κ1) is 12.8. The number of benzene rings is 1. The van der Waals surface area contributed by atoms with Crippen LogP contribution in [0.15, 0.2) is 36.7 Å². The lowest BCUT2D eigenvalue weighted by atomic mass is 9.95. The standard InChI is InChI=1S/C16H17N3O/c1-11-7-13(10-18-8-11)19-16(20)15-4-2-3-12-9-17-6-5-14(12)15/h2-4,7-8,10,17H,5-6,9H2,1H3,(H,19,20). The van der Waals surface area contributed by atoms with Crippen molar-refractivity contribution in [1.29, 1.82) is 0 Å². The molecule has 0 spiro atoms. The van der Waals surface area contributed by atoms with Crippen LogP contribution in [0.5, 0.6) is 0 Å². The van der Waals surface area contributed by atoms with Gasteiger partial charge in [-0.05, 0) is 48.7 Å². The second kappa shape index (κ2) is 5.43. The molecule has 2 heterocycles. The van der Waals surface area contributed by atoms with Crippen LogP contribution >= 0.6 is 0 Å². The summed E-state index contributed by atoms with van der Waals surface area (Å²) in [5.74, 6) is -0.0591. The topological polar surface area (TPSA) is 54.0 Å². The van der Waals surface area contributed by atoms with E-state index in [2.05, 4.69) is 21.7 Å². The molecule has 2 N–H and O–H groups in total. The van der Waals surface area contributed by atoms with Gasteiger partial charge in [0, 0.05) is 18.3 Å². The van der Waals surface area contributed by atoms with Crippen molar-refractivity contribution in [1.82, 2.24) is 10.3 Å². The Bertz CT molecular complexity index is 652. The molecule has 0 unspecified atom stereocenters. The Labute approximate surface area is 118 Å². The van der Waals surface area contributed by atoms with E-state index in [1.165, 1.54) is 5.56 Å². The van der Waals surface area contributed by atoms with E-state index in [4.69, 9.17) is 0 Å². The summed E-state index contributed by atoms with van der Waals surface area (Å²) in [6, 6.07) is 7.83. The third-order valence-corrected chi connectivity index (χ3v) is 3.52. The lowest BCUT2D eigenvalue weighted by Crippen LogP contribution is -2.26. The van der Waals surface area contributed by atoms with Gasteiger partial charge >= 0.3 is 0 Å². The van der Waals surface area contributed by atoms with Gasteiger partial charge in [0.1, 0.15) is 0 Å². The molecule has 0 bridgehead atoms. The summed E-state index contributed by atoms with van der Waals surface area (Å²) < 4.78 is 0. The van der Waals surface area contributed by atoms with Gasteiger partial charge in [-0.15, -0.1) is 0 Å². The number of anilines is 1. The van der Waals surface area contributed by atoms with Crippen molar-refractivity contribution < 1.29 is 4.79 Å². The summed E-state index contributed by atoms with van der Waals surface area (Å²) >= 11 is 0. The summed E-state index contributed by atoms with van der Waals surface area (Å²) in [6.07, 6.45) is 4.33. The van der Waals surface area contributed by atoms with E-state index in [1.807, 2.05) is 25.1 Å². The van der Waals surface area contributed by atoms with Crippen LogP contribution in [0.2, 0.25) is 0 Å². The van der Waals surface area contributed by atoms with Crippen LogP contribution in [-0.2, 0) is 13.0 Å². The molecule has 1 aromatic carbocycles. The number of rotatable bonds is 2. The molecular formula is C16H17N3O. The van der Waals surface area contributed by atoms with Crippen molar-refractivity contribution in [2.24, 2.45) is 0 Å². The average Bonchev–Trinajstić information content (AvgIpc) is 2.46. The van der Waals surface area contributed by atoms with Crippen LogP contribution < -0.4 is 10.6 Å². The molecule has 1 amide bonds. The fraction of sp³-hybridized carbons (Fsp3) is 0.250. The highest BCUT2D eigenvalue weighted by atomic mass is 16.1. The van der Waals surface area contributed by atoms with E-state index in [-0.39, 0.29) is 5.91 Å². The molecule has 4 heteroatoms. The number of hydrogen-bond donors (Lipinski definition) is 2. The minimum Gasteiger partial charge on any atom is -0.321 e. The fourth-order valence-electron chi connectivity index (χ4n) is 2.57. The molecule has 2 aromatic rings. The molecule has 0 atom stereocenters. The third kappa shape index (κ3) is 2.56. The predicted molar refractivity (Wildman–Crippen MR) is 78.8 cm³/mol. The number of aryl methyl sites for hydroxylation is 1. The second-order valence-electron chi connectivity index (χ2n) is 5.08. The number of hydrogen-bond acceptors (Lipinski definition) is 3. The highest BCUT2D eigenvalue weighted by Gasteiger charge is 2.17. The van der Waals surface area contributed by atoms with Crippen LogP contribution in [0, 0.1) is 6.92 Å². The van der Waals surface area contributed by atoms with Gasteiger partial charge < -0.3 is 10.6 Å². The van der Waals surface area contributed by atoms with Gasteiger partial charge in [0.2, 0.25) is 0 Å². The summed E-state index contributed by atoms with van der Waals surface area (Å²) in [7, 11) is 0. The number of nitrogens with one attached hydrogen (secondary N) is 2. The first-order chi connectivity index (χ1) is 9.74. The van der Waals surface area contributed by atoms with Crippen molar-refractivity contribution in [2.45, 2.75) is 19.9 Å². The van der Waals surface area contributed by atoms with Gasteiger partial charge in [-0.25, -0.2) is 0 Å². The zero-order valence-electron chi connectivity index (χ0n) is 11.4. The molecule has 0 saturated carbocycles. The predicted octanol–water partition coefficient (Wildman–Crippen LogP) is 2.29. The van der Waals surface area contributed by atoms with Gasteiger partial charge in [0.05, 0.1) is 11.9 Å². The molecule has 0 fully saturated rings. The normalized spacial score (nSPS) is 13.7. The fourth-order valence-corrected chi connectivity index (χ4v) is 2.57. The van der Waals surface area contributed by atoms with E-state index in [0.29, 0.717) is 0 Å². The number of carbonyl (C=O) groups excluding carboxylic acids is 1. The zero-order valence-corrected chi connectivity index (χ0v) is 11.4. The Morgan fingerprint density at radius 2 is 2.25 bits per heavy atom. The number of nitrogens with zero attached hydrogens (tertiary/aromatic N) is 1. The van der Waals surface area contributed by atoms with E-state index >= 15 is 0 Å². The van der Waals surface area contributed by atoms with E-state index in [0.717, 1.165) is 41.9 Å². The monoisotopic (exact) mass is 267 g/mol. The maximum Gasteiger partial charge on any atom is 0.255 e. The Hall–Kier alpha value is -2.20. The molecular weight excluding hydrogens is 250 g/mol. The molecule has 20 heavy (non-hydrogen) atoms. The van der Waals surface area contributed by atoms with Crippen LogP contribution in [0.1, 0.15) is 27.0 Å². The first-order valence-corrected chi connectivity index (χ1v) is 6.78. The minimum atomic E-state index is -0.0591. The molecule has 102 valence electrons. The lowest BCUT2D eigenvalue weighted by Gasteiger charge is -2.19. The summed E-state index contributed by atoms with van der Waals surface area (Å²) in [5, 5.41) is 6.25. The summed E-state index contributed by atoms with van der Waals surface area (Å²) in [5.41, 5.74) is 4.91. The molecule has 0 radical (unpaired) electrons. The zero-order chi connectivity index (χ0) is 13.9. The SMILES string of the molecule is Cc1cncc(NC(=O)c2cccc3c2CCNC3)c1. The Morgan fingerprint density at radius 1 is 1.35 bits per heavy atom. The Morgan fingerprint density at radius 3 is 3.10 bits per heavy atom. The van der Waals surface area contributed by atoms with E-state index < -0.39 is 0 Å². The lowest BCUT2D eigenvalue weighted by molar-refractivity contribution is 0.102. The number of aromatic nitrogens is 1. The number of pyridine rings is 1. The maximum atomic E-state index is 12.4. The first-order valence-electron chi connectivity index (χ1n) is 6.78. The third-order valence-electron chi connectivity index (χ3n) is 3.52. The van der Waals surface area contributed by atoms with Crippen LogP contribution in [0.4, 0.5) is 5.69 Å². The van der Waals surface area contributed by atoms with Gasteiger partial charge in [-0.1, -0.05) is 12.1 Å². The molecule has 1 aliphatic rings. The Balaban J connectivity index is 1.88. The summed E-state index contributed by atoms with van der Waals surface area (Å²) in [4.78, 5) is 16.5. The number of fused-ring (bicyclic) bond motifs is 1. The number of amides is 1. The molecule has 3 rings (SSSR count). The molecule has 0 aliphatic carbocycles. The molecule has 4 nitrogen and oxygen atoms in total. The van der Waals surface area contributed by atoms with Gasteiger partial charge in [-0.3, -0.25) is 9.78 Å². The van der Waals surface area contributed by atoms with Crippen LogP contribution in [-0.4, -0.2) is 17.4 Å². The average molecular weight is 267 g/mol. The highest BCUT2D eigenvalue weighted by molar-refractivity contribution is 6.05. The van der Waals surface area contributed by atoms with Gasteiger partial charge in [-0.2, -0.15) is 0 Å². The Kier molecular flexibility index (Phi) is 3.48. The highest BCUT2D eigenvalue weighted by Crippen LogP contribution is 2.20. The smallest absolute Gasteiger partial charge is 0.255 e. The molecule has 1 aliphatic heterocycles. The minimum absolute atomic E-state index is 0.0591. The van der Waals surface area contributed by atoms with Crippen molar-refractivity contribution in [3.05, 3.63) is 58.9 Å². The van der Waals surface area contributed by atoms with E-state index in [9.17, 15) is 4.79 Å². The molecule has 0 saturated heterocycles. The van der Waals surface area contributed by atoms with Crippen molar-refractivity contribution in [3.8, 4) is 0 Å². The van der Waals surface area contributed by atoms with Crippen molar-refractivity contribution in [2.75, 3.05) is 11.9 Å². The van der Waals surface area contributed by atoms with Crippen molar-refractivity contribution in [3.63, 3.8) is 0 Å². The number of carbonyl (C=O) groups is 1. The molecule has 1 aromatic heterocycles. The van der Waals surface area contributed by atoms with Gasteiger partial charge in [0.25, 0.3) is 5.91 Å². The van der Waals surface area contributed by atoms with Crippen LogP contribution in [0.3, 0.4) is 0 Å². The van der Waals surface area contributed by atoms with Crippen LogP contribution in [0.25, 0.3) is 0 Å². The van der Waals surface area contributed by atoms with Gasteiger partial charge in [0.15, 0.2) is 0 Å². The maximum absolute atomic E-state index is 12.4. The largest absolute Gasteiger partial charge is 0.321 e. The van der Waals surface area contributed by atoms with Crippen molar-refractivity contribution >= 4 is 11.6 Å². The van der Waals surface area contributed by atoms with E-state index in [1.54, 1.807) is 12.4 Å². The second-order valence-corrected chi connectivity index (χ2v) is 5.08. The summed E-state index contributed by atoms with van der Waals surface area (Å²) in [6.45, 7) is 3.71.